The number of carbonyl (C=O) groups is 1. The van der Waals surface area contributed by atoms with Gasteiger partial charge in [0.25, 0.3) is 0 Å². The number of carboxylic acid groups (broad SMARTS) is 1. The van der Waals surface area contributed by atoms with Crippen LogP contribution in [0.3, 0.4) is 0 Å². The summed E-state index contributed by atoms with van der Waals surface area (Å²) >= 11 is 3.37. The van der Waals surface area contributed by atoms with Crippen molar-refractivity contribution in [2.75, 3.05) is 0 Å². The maximum Gasteiger partial charge on any atom is 0.311 e. The van der Waals surface area contributed by atoms with Gasteiger partial charge in [-0.25, -0.2) is 4.98 Å². The molecular formula is C9H7BrN2O2. The fourth-order valence-electron chi connectivity index (χ4n) is 1.31. The topological polar surface area (TPSA) is 54.6 Å². The number of halogens is 1. The molecule has 0 amide bonds. The number of imidazole rings is 1. The van der Waals surface area contributed by atoms with E-state index < -0.39 is 5.97 Å². The summed E-state index contributed by atoms with van der Waals surface area (Å²) in [6.07, 6.45) is 3.39. The van der Waals surface area contributed by atoms with Crippen LogP contribution in [0.15, 0.2) is 29.0 Å². The second-order valence-corrected chi connectivity index (χ2v) is 3.71. The first-order valence-corrected chi connectivity index (χ1v) is 4.80. The van der Waals surface area contributed by atoms with E-state index in [1.54, 1.807) is 16.8 Å². The molecule has 0 saturated heterocycles. The minimum Gasteiger partial charge on any atom is -0.481 e. The first-order chi connectivity index (χ1) is 6.68. The smallest absolute Gasteiger partial charge is 0.311 e. The Hall–Kier alpha value is -1.36. The maximum atomic E-state index is 10.5. The highest BCUT2D eigenvalue weighted by molar-refractivity contribution is 9.10. The summed E-state index contributed by atoms with van der Waals surface area (Å²) < 4.78 is 2.67. The molecule has 0 spiro atoms. The van der Waals surface area contributed by atoms with E-state index in [0.29, 0.717) is 5.82 Å². The molecular weight excluding hydrogens is 248 g/mol. The van der Waals surface area contributed by atoms with E-state index in [0.717, 1.165) is 9.99 Å². The number of fused-ring (bicyclic) bond motifs is 1. The number of aliphatic carboxylic acids is 1. The summed E-state index contributed by atoms with van der Waals surface area (Å²) in [6, 6.07) is 3.73. The summed E-state index contributed by atoms with van der Waals surface area (Å²) in [4.78, 5) is 14.6. The fourth-order valence-corrected chi connectivity index (χ4v) is 1.75. The summed E-state index contributed by atoms with van der Waals surface area (Å²) in [5.41, 5.74) is 0.878. The molecule has 0 aliphatic heterocycles. The highest BCUT2D eigenvalue weighted by atomic mass is 79.9. The Morgan fingerprint density at radius 3 is 3.14 bits per heavy atom. The number of hydrogen-bond acceptors (Lipinski definition) is 2. The lowest BCUT2D eigenvalue weighted by molar-refractivity contribution is -0.136. The SMILES string of the molecule is O=C(O)Cc1ncc2c(Br)cccn12. The van der Waals surface area contributed by atoms with E-state index in [2.05, 4.69) is 20.9 Å². The second-order valence-electron chi connectivity index (χ2n) is 2.86. The van der Waals surface area contributed by atoms with Crippen LogP contribution >= 0.6 is 15.9 Å². The Labute approximate surface area is 88.3 Å². The van der Waals surface area contributed by atoms with Gasteiger partial charge in [0.15, 0.2) is 0 Å². The van der Waals surface area contributed by atoms with Crippen LogP contribution in [0.25, 0.3) is 5.52 Å². The molecule has 0 aliphatic carbocycles. The van der Waals surface area contributed by atoms with Crippen LogP contribution in [-0.2, 0) is 11.2 Å². The third-order valence-electron chi connectivity index (χ3n) is 1.91. The van der Waals surface area contributed by atoms with E-state index >= 15 is 0 Å². The van der Waals surface area contributed by atoms with Crippen molar-refractivity contribution in [3.63, 3.8) is 0 Å². The minimum atomic E-state index is -0.877. The number of rotatable bonds is 2. The minimum absolute atomic E-state index is 0.0649. The molecule has 2 aromatic rings. The van der Waals surface area contributed by atoms with Gasteiger partial charge in [-0.05, 0) is 28.1 Å². The summed E-state index contributed by atoms with van der Waals surface area (Å²) in [5.74, 6) is -0.341. The largest absolute Gasteiger partial charge is 0.481 e. The maximum absolute atomic E-state index is 10.5. The van der Waals surface area contributed by atoms with Crippen LogP contribution in [0.4, 0.5) is 0 Å². The highest BCUT2D eigenvalue weighted by Crippen LogP contribution is 2.18. The molecule has 0 atom stereocenters. The molecule has 14 heavy (non-hydrogen) atoms. The zero-order valence-corrected chi connectivity index (χ0v) is 8.73. The van der Waals surface area contributed by atoms with Gasteiger partial charge >= 0.3 is 5.97 Å². The van der Waals surface area contributed by atoms with E-state index in [9.17, 15) is 4.79 Å². The monoisotopic (exact) mass is 254 g/mol. The molecule has 0 unspecified atom stereocenters. The van der Waals surface area contributed by atoms with Gasteiger partial charge in [-0.1, -0.05) is 0 Å². The van der Waals surface area contributed by atoms with Crippen molar-refractivity contribution >= 4 is 27.4 Å². The average molecular weight is 255 g/mol. The lowest BCUT2D eigenvalue weighted by Crippen LogP contribution is -2.04. The Kier molecular flexibility index (Phi) is 2.25. The molecule has 0 aromatic carbocycles. The predicted molar refractivity (Wildman–Crippen MR) is 54.2 cm³/mol. The van der Waals surface area contributed by atoms with Gasteiger partial charge in [0.05, 0.1) is 11.7 Å². The third-order valence-corrected chi connectivity index (χ3v) is 2.58. The molecule has 2 aromatic heterocycles. The Bertz CT molecular complexity index is 493. The van der Waals surface area contributed by atoms with Gasteiger partial charge < -0.3 is 9.51 Å². The van der Waals surface area contributed by atoms with E-state index in [1.165, 1.54) is 0 Å². The number of aromatic nitrogens is 2. The van der Waals surface area contributed by atoms with Crippen molar-refractivity contribution in [1.82, 2.24) is 9.38 Å². The fraction of sp³-hybridized carbons (Fsp3) is 0.111. The lowest BCUT2D eigenvalue weighted by atomic mass is 10.4. The lowest BCUT2D eigenvalue weighted by Gasteiger charge is -1.98. The zero-order valence-electron chi connectivity index (χ0n) is 7.14. The van der Waals surface area contributed by atoms with Crippen LogP contribution in [0, 0.1) is 0 Å². The molecule has 2 heterocycles. The molecule has 1 N–H and O–H groups in total. The molecule has 0 bridgehead atoms. The highest BCUT2D eigenvalue weighted by Gasteiger charge is 2.08. The first kappa shape index (κ1) is 9.21. The van der Waals surface area contributed by atoms with Crippen molar-refractivity contribution in [1.29, 1.82) is 0 Å². The number of nitrogens with zero attached hydrogens (tertiary/aromatic N) is 2. The molecule has 5 heteroatoms. The summed E-state index contributed by atoms with van der Waals surface area (Å²) in [5, 5.41) is 8.65. The van der Waals surface area contributed by atoms with Crippen LogP contribution < -0.4 is 0 Å². The van der Waals surface area contributed by atoms with Crippen molar-refractivity contribution in [3.05, 3.63) is 34.8 Å². The normalized spacial score (nSPS) is 10.6. The number of hydrogen-bond donors (Lipinski definition) is 1. The van der Waals surface area contributed by atoms with Gasteiger partial charge in [0, 0.05) is 10.7 Å². The standard InChI is InChI=1S/C9H7BrN2O2/c10-6-2-1-3-12-7(6)5-11-8(12)4-9(13)14/h1-3,5H,4H2,(H,13,14). The second kappa shape index (κ2) is 3.42. The van der Waals surface area contributed by atoms with E-state index in [-0.39, 0.29) is 6.42 Å². The van der Waals surface area contributed by atoms with Crippen molar-refractivity contribution in [3.8, 4) is 0 Å². The van der Waals surface area contributed by atoms with Gasteiger partial charge in [-0.3, -0.25) is 4.79 Å². The van der Waals surface area contributed by atoms with Crippen LogP contribution in [0.2, 0.25) is 0 Å². The Morgan fingerprint density at radius 1 is 1.64 bits per heavy atom. The van der Waals surface area contributed by atoms with Crippen molar-refractivity contribution < 1.29 is 9.90 Å². The molecule has 0 fully saturated rings. The zero-order chi connectivity index (χ0) is 10.1. The molecule has 4 nitrogen and oxygen atoms in total. The van der Waals surface area contributed by atoms with Crippen LogP contribution in [-0.4, -0.2) is 20.5 Å². The predicted octanol–water partition coefficient (Wildman–Crippen LogP) is 1.72. The van der Waals surface area contributed by atoms with E-state index in [1.807, 2.05) is 12.1 Å². The number of carboxylic acids is 1. The van der Waals surface area contributed by atoms with Gasteiger partial charge in [-0.15, -0.1) is 0 Å². The van der Waals surface area contributed by atoms with E-state index in [4.69, 9.17) is 5.11 Å². The molecule has 2 rings (SSSR count). The van der Waals surface area contributed by atoms with Crippen molar-refractivity contribution in [2.24, 2.45) is 0 Å². The molecule has 0 saturated carbocycles. The summed E-state index contributed by atoms with van der Waals surface area (Å²) in [7, 11) is 0. The number of pyridine rings is 1. The van der Waals surface area contributed by atoms with Crippen LogP contribution in [0.1, 0.15) is 5.82 Å². The Balaban J connectivity index is 2.58. The third kappa shape index (κ3) is 1.50. The van der Waals surface area contributed by atoms with Crippen molar-refractivity contribution in [2.45, 2.75) is 6.42 Å². The van der Waals surface area contributed by atoms with Gasteiger partial charge in [-0.2, -0.15) is 0 Å². The molecule has 0 radical (unpaired) electrons. The molecule has 0 aliphatic rings. The summed E-state index contributed by atoms with van der Waals surface area (Å²) in [6.45, 7) is 0. The van der Waals surface area contributed by atoms with Crippen LogP contribution in [0.5, 0.6) is 0 Å². The van der Waals surface area contributed by atoms with Gasteiger partial charge in [0.1, 0.15) is 12.2 Å². The first-order valence-electron chi connectivity index (χ1n) is 4.01. The Morgan fingerprint density at radius 2 is 2.43 bits per heavy atom. The quantitative estimate of drug-likeness (QED) is 0.888. The van der Waals surface area contributed by atoms with Gasteiger partial charge in [0.2, 0.25) is 0 Å². The molecule has 72 valence electrons. The average Bonchev–Trinajstić information content (AvgIpc) is 2.49.